The normalized spacial score (nSPS) is 11.0. The van der Waals surface area contributed by atoms with Gasteiger partial charge >= 0.3 is 0 Å². The van der Waals surface area contributed by atoms with Crippen LogP contribution in [-0.2, 0) is 6.42 Å². The molecule has 5 heteroatoms. The van der Waals surface area contributed by atoms with E-state index < -0.39 is 5.82 Å². The fourth-order valence-electron chi connectivity index (χ4n) is 2.06. The van der Waals surface area contributed by atoms with E-state index in [1.54, 1.807) is 18.2 Å². The molecule has 0 saturated heterocycles. The zero-order valence-electron chi connectivity index (χ0n) is 10.7. The maximum atomic E-state index is 13.4. The summed E-state index contributed by atoms with van der Waals surface area (Å²) in [6.07, 6.45) is 0.0867. The predicted octanol–water partition coefficient (Wildman–Crippen LogP) is 5.26. The number of rotatable bonds is 3. The maximum Gasteiger partial charge on any atom is 0.177 e. The summed E-state index contributed by atoms with van der Waals surface area (Å²) in [5.41, 5.74) is 0.561. The number of Topliss-reactive ketones (excluding diaryl/α,β-unsaturated/α-hetero) is 1. The lowest BCUT2D eigenvalue weighted by molar-refractivity contribution is 0.0997. The second-order valence-electron chi connectivity index (χ2n) is 4.64. The van der Waals surface area contributed by atoms with Crippen molar-refractivity contribution in [2.45, 2.75) is 6.42 Å². The summed E-state index contributed by atoms with van der Waals surface area (Å²) in [6.45, 7) is 0. The first-order chi connectivity index (χ1) is 10.0. The molecule has 3 aromatic rings. The molecular weight excluding hydrogens is 314 g/mol. The van der Waals surface area contributed by atoms with Crippen LogP contribution < -0.4 is 0 Å². The lowest BCUT2D eigenvalue weighted by Crippen LogP contribution is -2.01. The number of fused-ring (bicyclic) bond motifs is 1. The monoisotopic (exact) mass is 322 g/mol. The summed E-state index contributed by atoms with van der Waals surface area (Å²) in [7, 11) is 0. The van der Waals surface area contributed by atoms with Crippen LogP contribution in [0.15, 0.2) is 42.5 Å². The molecule has 0 N–H and O–H groups in total. The zero-order chi connectivity index (χ0) is 15.0. The number of benzene rings is 2. The molecule has 0 atom stereocenters. The molecule has 0 fully saturated rings. The Morgan fingerprint density at radius 1 is 1.10 bits per heavy atom. The molecule has 0 aliphatic rings. The Kier molecular flexibility index (Phi) is 3.74. The number of hydrogen-bond acceptors (Lipinski definition) is 2. The lowest BCUT2D eigenvalue weighted by Gasteiger charge is -2.00. The minimum absolute atomic E-state index is 0.0311. The van der Waals surface area contributed by atoms with E-state index in [0.29, 0.717) is 10.4 Å². The van der Waals surface area contributed by atoms with Gasteiger partial charge in [0.2, 0.25) is 0 Å². The van der Waals surface area contributed by atoms with Crippen molar-refractivity contribution in [1.29, 1.82) is 0 Å². The third-order valence-electron chi connectivity index (χ3n) is 3.11. The van der Waals surface area contributed by atoms with Crippen molar-refractivity contribution in [2.75, 3.05) is 0 Å². The Balaban J connectivity index is 1.87. The van der Waals surface area contributed by atoms with Gasteiger partial charge in [-0.3, -0.25) is 4.79 Å². The van der Waals surface area contributed by atoms with Crippen LogP contribution in [0, 0.1) is 11.6 Å². The molecule has 0 saturated carbocycles. The number of hydrogen-bond donors (Lipinski definition) is 0. The quantitative estimate of drug-likeness (QED) is 0.601. The van der Waals surface area contributed by atoms with E-state index in [1.165, 1.54) is 35.6 Å². The Hall–Kier alpha value is -1.78. The molecule has 0 unspecified atom stereocenters. The zero-order valence-corrected chi connectivity index (χ0v) is 12.3. The molecule has 21 heavy (non-hydrogen) atoms. The Labute approximate surface area is 128 Å². The molecule has 0 radical (unpaired) electrons. The first-order valence-electron chi connectivity index (χ1n) is 6.19. The van der Waals surface area contributed by atoms with Crippen molar-refractivity contribution in [3.63, 3.8) is 0 Å². The highest BCUT2D eigenvalue weighted by Gasteiger charge is 2.12. The van der Waals surface area contributed by atoms with Gasteiger partial charge in [-0.25, -0.2) is 8.78 Å². The minimum Gasteiger partial charge on any atom is -0.293 e. The summed E-state index contributed by atoms with van der Waals surface area (Å²) < 4.78 is 27.2. The van der Waals surface area contributed by atoms with Crippen LogP contribution in [0.2, 0.25) is 5.02 Å². The predicted molar refractivity (Wildman–Crippen MR) is 81.2 cm³/mol. The van der Waals surface area contributed by atoms with Crippen molar-refractivity contribution in [3.05, 3.63) is 69.6 Å². The van der Waals surface area contributed by atoms with Crippen LogP contribution in [0.25, 0.3) is 10.1 Å². The molecule has 106 valence electrons. The molecule has 1 aromatic heterocycles. The van der Waals surface area contributed by atoms with E-state index >= 15 is 0 Å². The standard InChI is InChI=1S/C16H9ClF2OS/c17-12-4-1-9(5-13(12)19)6-14(20)16-7-10-2-3-11(18)8-15(10)21-16/h1-5,7-8H,6H2. The Morgan fingerprint density at radius 2 is 1.90 bits per heavy atom. The molecule has 0 amide bonds. The molecule has 0 aliphatic heterocycles. The van der Waals surface area contributed by atoms with Crippen LogP contribution in [-0.4, -0.2) is 5.78 Å². The molecule has 3 rings (SSSR count). The largest absolute Gasteiger partial charge is 0.293 e. The topological polar surface area (TPSA) is 17.1 Å². The third kappa shape index (κ3) is 2.96. The van der Waals surface area contributed by atoms with Gasteiger partial charge in [-0.1, -0.05) is 23.7 Å². The number of carbonyl (C=O) groups excluding carboxylic acids is 1. The SMILES string of the molecule is O=C(Cc1ccc(Cl)c(F)c1)c1cc2ccc(F)cc2s1. The summed E-state index contributed by atoms with van der Waals surface area (Å²) in [4.78, 5) is 12.8. The Bertz CT molecular complexity index is 841. The van der Waals surface area contributed by atoms with Gasteiger partial charge in [0.05, 0.1) is 9.90 Å². The van der Waals surface area contributed by atoms with Crippen molar-refractivity contribution >= 4 is 38.8 Å². The number of halogens is 3. The molecule has 1 nitrogen and oxygen atoms in total. The fourth-order valence-corrected chi connectivity index (χ4v) is 3.21. The van der Waals surface area contributed by atoms with Crippen molar-refractivity contribution in [1.82, 2.24) is 0 Å². The number of carbonyl (C=O) groups is 1. The van der Waals surface area contributed by atoms with Gasteiger partial charge in [-0.15, -0.1) is 11.3 Å². The van der Waals surface area contributed by atoms with Crippen LogP contribution >= 0.6 is 22.9 Å². The first kappa shape index (κ1) is 14.2. The smallest absolute Gasteiger partial charge is 0.177 e. The number of ketones is 1. The van der Waals surface area contributed by atoms with Gasteiger partial charge in [0, 0.05) is 11.1 Å². The molecule has 0 aliphatic carbocycles. The third-order valence-corrected chi connectivity index (χ3v) is 4.55. The highest BCUT2D eigenvalue weighted by atomic mass is 35.5. The summed E-state index contributed by atoms with van der Waals surface area (Å²) in [5.74, 6) is -0.998. The van der Waals surface area contributed by atoms with Crippen molar-refractivity contribution in [3.8, 4) is 0 Å². The van der Waals surface area contributed by atoms with E-state index in [1.807, 2.05) is 0 Å². The van der Waals surface area contributed by atoms with Gasteiger partial charge in [0.15, 0.2) is 5.78 Å². The first-order valence-corrected chi connectivity index (χ1v) is 7.38. The second-order valence-corrected chi connectivity index (χ2v) is 6.13. The van der Waals surface area contributed by atoms with Crippen LogP contribution in [0.4, 0.5) is 8.78 Å². The van der Waals surface area contributed by atoms with Gasteiger partial charge in [-0.2, -0.15) is 0 Å². The molecule has 2 aromatic carbocycles. The summed E-state index contributed by atoms with van der Waals surface area (Å²) >= 11 is 6.85. The molecule has 0 bridgehead atoms. The average Bonchev–Trinajstić information content (AvgIpc) is 2.86. The van der Waals surface area contributed by atoms with Gasteiger partial charge in [0.25, 0.3) is 0 Å². The van der Waals surface area contributed by atoms with E-state index in [0.717, 1.165) is 10.1 Å². The van der Waals surface area contributed by atoms with Crippen molar-refractivity contribution < 1.29 is 13.6 Å². The molecule has 0 spiro atoms. The maximum absolute atomic E-state index is 13.4. The number of thiophene rings is 1. The van der Waals surface area contributed by atoms with Crippen LogP contribution in [0.3, 0.4) is 0 Å². The van der Waals surface area contributed by atoms with Gasteiger partial charge in [-0.05, 0) is 41.3 Å². The van der Waals surface area contributed by atoms with E-state index in [4.69, 9.17) is 11.6 Å². The Morgan fingerprint density at radius 3 is 2.67 bits per heavy atom. The molecule has 1 heterocycles. The van der Waals surface area contributed by atoms with Gasteiger partial charge < -0.3 is 0 Å². The minimum atomic E-state index is -0.541. The van der Waals surface area contributed by atoms with Crippen molar-refractivity contribution in [2.24, 2.45) is 0 Å². The average molecular weight is 323 g/mol. The van der Waals surface area contributed by atoms with Crippen LogP contribution in [0.5, 0.6) is 0 Å². The highest BCUT2D eigenvalue weighted by Crippen LogP contribution is 2.27. The van der Waals surface area contributed by atoms with Gasteiger partial charge in [0.1, 0.15) is 11.6 Å². The molecular formula is C16H9ClF2OS. The van der Waals surface area contributed by atoms with E-state index in [2.05, 4.69) is 0 Å². The summed E-state index contributed by atoms with van der Waals surface area (Å²) in [5, 5.41) is 0.857. The highest BCUT2D eigenvalue weighted by molar-refractivity contribution is 7.20. The van der Waals surface area contributed by atoms with E-state index in [9.17, 15) is 13.6 Å². The second kappa shape index (κ2) is 5.54. The summed E-state index contributed by atoms with van der Waals surface area (Å²) in [6, 6.07) is 10.4. The van der Waals surface area contributed by atoms with Crippen LogP contribution in [0.1, 0.15) is 15.2 Å². The lowest BCUT2D eigenvalue weighted by atomic mass is 10.1. The van der Waals surface area contributed by atoms with E-state index in [-0.39, 0.29) is 23.0 Å². The fraction of sp³-hybridized carbons (Fsp3) is 0.0625.